The Kier molecular flexibility index (Phi) is 8.83. The summed E-state index contributed by atoms with van der Waals surface area (Å²) >= 11 is 0. The lowest BCUT2D eigenvalue weighted by molar-refractivity contribution is -0.121. The second kappa shape index (κ2) is 9.22. The zero-order chi connectivity index (χ0) is 14.0. The molecule has 0 aromatic carbocycles. The van der Waals surface area contributed by atoms with Gasteiger partial charge in [-0.05, 0) is 24.8 Å². The molecule has 0 fully saturated rings. The fraction of sp³-hybridized carbons (Fsp3) is 0.917. The van der Waals surface area contributed by atoms with Crippen LogP contribution in [0.4, 0.5) is 8.78 Å². The number of carbonyl (C=O) groups excluding carboxylic acids is 1. The Balaban J connectivity index is 3.54. The number of ether oxygens (including phenoxy) is 1. The minimum Gasteiger partial charge on any atom is -0.374 e. The average Bonchev–Trinajstić information content (AvgIpc) is 2.25. The lowest BCUT2D eigenvalue weighted by Crippen LogP contribution is -2.29. The second-order valence-electron chi connectivity index (χ2n) is 5.02. The minimum atomic E-state index is -2.46. The van der Waals surface area contributed by atoms with Gasteiger partial charge in [-0.1, -0.05) is 13.8 Å². The Hall–Kier alpha value is -0.750. The van der Waals surface area contributed by atoms with E-state index in [1.807, 2.05) is 0 Å². The lowest BCUT2D eigenvalue weighted by Gasteiger charge is -2.23. The molecule has 0 aromatic heterocycles. The highest BCUT2D eigenvalue weighted by atomic mass is 19.3. The fourth-order valence-electron chi connectivity index (χ4n) is 1.49. The summed E-state index contributed by atoms with van der Waals surface area (Å²) in [5, 5.41) is 2.63. The summed E-state index contributed by atoms with van der Waals surface area (Å²) in [5.41, 5.74) is 5.53. The predicted octanol–water partition coefficient (Wildman–Crippen LogP) is 1.54. The maximum absolute atomic E-state index is 11.7. The number of carbonyl (C=O) groups is 1. The third kappa shape index (κ3) is 10.4. The molecule has 4 nitrogen and oxygen atoms in total. The molecule has 0 aliphatic heterocycles. The van der Waals surface area contributed by atoms with Crippen molar-refractivity contribution in [1.29, 1.82) is 0 Å². The Morgan fingerprint density at radius 1 is 1.39 bits per heavy atom. The molecule has 0 atom stereocenters. The summed E-state index contributed by atoms with van der Waals surface area (Å²) < 4.78 is 28.1. The smallest absolute Gasteiger partial charge is 0.261 e. The molecule has 0 bridgehead atoms. The number of halogens is 2. The number of nitrogens with two attached hydrogens (primary N) is 1. The van der Waals surface area contributed by atoms with Crippen LogP contribution in [0.1, 0.15) is 33.1 Å². The van der Waals surface area contributed by atoms with E-state index in [2.05, 4.69) is 23.9 Å². The van der Waals surface area contributed by atoms with Gasteiger partial charge in [0.2, 0.25) is 5.91 Å². The molecule has 0 saturated heterocycles. The van der Waals surface area contributed by atoms with E-state index in [9.17, 15) is 13.6 Å². The van der Waals surface area contributed by atoms with Gasteiger partial charge < -0.3 is 15.8 Å². The largest absolute Gasteiger partial charge is 0.374 e. The summed E-state index contributed by atoms with van der Waals surface area (Å²) in [4.78, 5) is 11.4. The van der Waals surface area contributed by atoms with Crippen molar-refractivity contribution < 1.29 is 18.3 Å². The topological polar surface area (TPSA) is 64.4 Å². The molecule has 0 saturated carbocycles. The van der Waals surface area contributed by atoms with E-state index in [1.165, 1.54) is 0 Å². The van der Waals surface area contributed by atoms with Gasteiger partial charge in [0.05, 0.1) is 6.61 Å². The second-order valence-corrected chi connectivity index (χ2v) is 5.02. The van der Waals surface area contributed by atoms with Crippen molar-refractivity contribution >= 4 is 5.91 Å². The first-order chi connectivity index (χ1) is 8.37. The maximum Gasteiger partial charge on any atom is 0.261 e. The maximum atomic E-state index is 11.7. The zero-order valence-corrected chi connectivity index (χ0v) is 11.2. The summed E-state index contributed by atoms with van der Waals surface area (Å²) in [6.45, 7) is 4.54. The predicted molar refractivity (Wildman–Crippen MR) is 66.5 cm³/mol. The molecular weight excluding hydrogens is 242 g/mol. The summed E-state index contributed by atoms with van der Waals surface area (Å²) in [5.74, 6) is -0.0826. The van der Waals surface area contributed by atoms with Crippen LogP contribution in [0.15, 0.2) is 0 Å². The Morgan fingerprint density at radius 2 is 2.06 bits per heavy atom. The average molecular weight is 266 g/mol. The van der Waals surface area contributed by atoms with Gasteiger partial charge in [-0.3, -0.25) is 4.79 Å². The van der Waals surface area contributed by atoms with Crippen molar-refractivity contribution in [3.8, 4) is 0 Å². The van der Waals surface area contributed by atoms with E-state index < -0.39 is 13.0 Å². The Bertz CT molecular complexity index is 236. The van der Waals surface area contributed by atoms with Gasteiger partial charge >= 0.3 is 0 Å². The van der Waals surface area contributed by atoms with E-state index >= 15 is 0 Å². The molecule has 0 rings (SSSR count). The highest BCUT2D eigenvalue weighted by Gasteiger charge is 2.17. The lowest BCUT2D eigenvalue weighted by atomic mass is 9.84. The number of nitrogens with one attached hydrogen (secondary N) is 1. The highest BCUT2D eigenvalue weighted by molar-refractivity contribution is 5.75. The Morgan fingerprint density at radius 3 is 2.61 bits per heavy atom. The van der Waals surface area contributed by atoms with Crippen LogP contribution in [-0.2, 0) is 9.53 Å². The van der Waals surface area contributed by atoms with Crippen LogP contribution < -0.4 is 11.1 Å². The van der Waals surface area contributed by atoms with E-state index in [4.69, 9.17) is 5.73 Å². The zero-order valence-electron chi connectivity index (χ0n) is 11.2. The molecule has 18 heavy (non-hydrogen) atoms. The normalized spacial score (nSPS) is 11.9. The number of alkyl halides is 2. The van der Waals surface area contributed by atoms with E-state index in [1.54, 1.807) is 0 Å². The minimum absolute atomic E-state index is 0.0538. The van der Waals surface area contributed by atoms with Gasteiger partial charge in [-0.15, -0.1) is 0 Å². The number of hydrogen-bond acceptors (Lipinski definition) is 3. The van der Waals surface area contributed by atoms with Crippen molar-refractivity contribution in [2.45, 2.75) is 39.5 Å². The van der Waals surface area contributed by atoms with Crippen LogP contribution in [0.3, 0.4) is 0 Å². The van der Waals surface area contributed by atoms with Gasteiger partial charge in [-0.25, -0.2) is 8.78 Å². The molecule has 0 aliphatic rings. The summed E-state index contributed by atoms with van der Waals surface area (Å²) in [6, 6.07) is 0. The third-order valence-electron chi connectivity index (χ3n) is 2.66. The molecule has 0 heterocycles. The molecule has 6 heteroatoms. The molecule has 1 amide bonds. The van der Waals surface area contributed by atoms with Gasteiger partial charge in [0, 0.05) is 13.0 Å². The van der Waals surface area contributed by atoms with E-state index in [0.29, 0.717) is 13.0 Å². The van der Waals surface area contributed by atoms with Crippen molar-refractivity contribution in [2.75, 3.05) is 26.3 Å². The van der Waals surface area contributed by atoms with Crippen molar-refractivity contribution in [1.82, 2.24) is 5.32 Å². The SMILES string of the molecule is CC(C)(CCN)CCC(=O)NCCOCC(F)F. The molecule has 3 N–H and O–H groups in total. The number of hydrogen-bond donors (Lipinski definition) is 2. The molecule has 0 aromatic rings. The van der Waals surface area contributed by atoms with Crippen LogP contribution in [0, 0.1) is 5.41 Å². The number of rotatable bonds is 10. The van der Waals surface area contributed by atoms with Crippen LogP contribution >= 0.6 is 0 Å². The standard InChI is InChI=1S/C12H24F2N2O2/c1-12(2,5-6-15)4-3-11(17)16-7-8-18-9-10(13)14/h10H,3-9,15H2,1-2H3,(H,16,17). The van der Waals surface area contributed by atoms with Crippen molar-refractivity contribution in [2.24, 2.45) is 11.1 Å². The van der Waals surface area contributed by atoms with Gasteiger partial charge in [0.1, 0.15) is 6.61 Å². The monoisotopic (exact) mass is 266 g/mol. The molecule has 0 radical (unpaired) electrons. The first-order valence-electron chi connectivity index (χ1n) is 6.20. The number of amides is 1. The molecule has 0 unspecified atom stereocenters. The highest BCUT2D eigenvalue weighted by Crippen LogP contribution is 2.25. The van der Waals surface area contributed by atoms with Crippen molar-refractivity contribution in [3.63, 3.8) is 0 Å². The van der Waals surface area contributed by atoms with Crippen LogP contribution in [0.5, 0.6) is 0 Å². The van der Waals surface area contributed by atoms with Gasteiger partial charge in [-0.2, -0.15) is 0 Å². The first kappa shape index (κ1) is 17.2. The fourth-order valence-corrected chi connectivity index (χ4v) is 1.49. The van der Waals surface area contributed by atoms with Crippen LogP contribution in [0.2, 0.25) is 0 Å². The van der Waals surface area contributed by atoms with Gasteiger partial charge in [0.15, 0.2) is 0 Å². The summed E-state index contributed by atoms with van der Waals surface area (Å²) in [7, 11) is 0. The quantitative estimate of drug-likeness (QED) is 0.589. The summed E-state index contributed by atoms with van der Waals surface area (Å²) in [6.07, 6.45) is -0.411. The van der Waals surface area contributed by atoms with Crippen LogP contribution in [-0.4, -0.2) is 38.6 Å². The van der Waals surface area contributed by atoms with Crippen molar-refractivity contribution in [3.05, 3.63) is 0 Å². The molecule has 108 valence electrons. The van der Waals surface area contributed by atoms with E-state index in [0.717, 1.165) is 12.8 Å². The van der Waals surface area contributed by atoms with E-state index in [-0.39, 0.29) is 24.5 Å². The Labute approximate surface area is 107 Å². The third-order valence-corrected chi connectivity index (χ3v) is 2.66. The molecule has 0 aliphatic carbocycles. The molecular formula is C12H24F2N2O2. The van der Waals surface area contributed by atoms with Gasteiger partial charge in [0.25, 0.3) is 6.43 Å². The molecule has 0 spiro atoms. The van der Waals surface area contributed by atoms with Crippen LogP contribution in [0.25, 0.3) is 0 Å². The first-order valence-corrected chi connectivity index (χ1v) is 6.20.